The van der Waals surface area contributed by atoms with Crippen LogP contribution in [0.3, 0.4) is 0 Å². The van der Waals surface area contributed by atoms with E-state index < -0.39 is 0 Å². The van der Waals surface area contributed by atoms with Gasteiger partial charge in [-0.25, -0.2) is 0 Å². The number of aromatic nitrogens is 1. The molecular weight excluding hydrogens is 555 g/mol. The largest absolute Gasteiger partial charge is 0.309 e. The van der Waals surface area contributed by atoms with E-state index in [2.05, 4.69) is 182 Å². The molecule has 0 saturated heterocycles. The van der Waals surface area contributed by atoms with Crippen LogP contribution < -0.4 is 0 Å². The predicted octanol–water partition coefficient (Wildman–Crippen LogP) is 12.5. The second kappa shape index (κ2) is 11.5. The summed E-state index contributed by atoms with van der Waals surface area (Å²) in [6.45, 7) is 6.07. The summed E-state index contributed by atoms with van der Waals surface area (Å²) in [5.74, 6) is 0. The standard InChI is InChI=1S/C45H33N/c1-3-31(4-2)35-14-11-15-36(28-35)38-23-26-42-43-27-24-39-29-37(34-20-18-33(19-21-34)32-12-7-5-8-13-32)22-25-41(39)45(43)46(44(42)30-38)40-16-9-6-10-17-40/h3-30H,1H2,2H3/b31-4+. The monoisotopic (exact) mass is 587 g/mol. The van der Waals surface area contributed by atoms with E-state index in [1.807, 2.05) is 6.08 Å². The van der Waals surface area contributed by atoms with Crippen molar-refractivity contribution in [2.24, 2.45) is 0 Å². The smallest absolute Gasteiger partial charge is 0.0619 e. The van der Waals surface area contributed by atoms with Gasteiger partial charge in [0.15, 0.2) is 0 Å². The Morgan fingerprint density at radius 3 is 1.78 bits per heavy atom. The Morgan fingerprint density at radius 1 is 0.500 bits per heavy atom. The number of para-hydroxylation sites is 1. The third-order valence-corrected chi connectivity index (χ3v) is 9.14. The van der Waals surface area contributed by atoms with Crippen LogP contribution in [0.2, 0.25) is 0 Å². The van der Waals surface area contributed by atoms with Gasteiger partial charge >= 0.3 is 0 Å². The van der Waals surface area contributed by atoms with Crippen LogP contribution in [0, 0.1) is 0 Å². The number of hydrogen-bond acceptors (Lipinski definition) is 0. The third kappa shape index (κ3) is 4.74. The van der Waals surface area contributed by atoms with E-state index in [1.54, 1.807) is 0 Å². The molecule has 0 radical (unpaired) electrons. The SMILES string of the molecule is C=C/C(=C\C)c1cccc(-c2ccc3c4ccc5cc(-c6ccc(-c7ccccc7)cc6)ccc5c4n(-c4ccccc4)c3c2)c1. The van der Waals surface area contributed by atoms with Crippen molar-refractivity contribution in [3.8, 4) is 39.1 Å². The number of nitrogens with zero attached hydrogens (tertiary/aromatic N) is 1. The zero-order valence-electron chi connectivity index (χ0n) is 25.8. The fraction of sp³-hybridized carbons (Fsp3) is 0.0222. The summed E-state index contributed by atoms with van der Waals surface area (Å²) < 4.78 is 2.44. The van der Waals surface area contributed by atoms with Gasteiger partial charge in [0, 0.05) is 21.8 Å². The highest BCUT2D eigenvalue weighted by atomic mass is 15.0. The molecular formula is C45H33N. The molecule has 0 N–H and O–H groups in total. The molecule has 46 heavy (non-hydrogen) atoms. The van der Waals surface area contributed by atoms with E-state index in [0.29, 0.717) is 0 Å². The first-order valence-electron chi connectivity index (χ1n) is 15.8. The summed E-state index contributed by atoms with van der Waals surface area (Å²) in [4.78, 5) is 0. The van der Waals surface area contributed by atoms with Crippen molar-refractivity contribution in [3.05, 3.63) is 182 Å². The molecule has 218 valence electrons. The molecule has 0 fully saturated rings. The molecule has 0 amide bonds. The molecule has 8 rings (SSSR count). The fourth-order valence-corrected chi connectivity index (χ4v) is 6.81. The molecule has 1 aromatic heterocycles. The molecule has 0 bridgehead atoms. The lowest BCUT2D eigenvalue weighted by molar-refractivity contribution is 1.19. The lowest BCUT2D eigenvalue weighted by Gasteiger charge is -2.12. The van der Waals surface area contributed by atoms with Crippen molar-refractivity contribution >= 4 is 38.2 Å². The van der Waals surface area contributed by atoms with Crippen LogP contribution in [0.25, 0.3) is 77.2 Å². The quantitative estimate of drug-likeness (QED) is 0.171. The summed E-state index contributed by atoms with van der Waals surface area (Å²) in [6, 6.07) is 57.3. The number of rotatable bonds is 6. The van der Waals surface area contributed by atoms with Gasteiger partial charge in [-0.05, 0) is 87.2 Å². The highest BCUT2D eigenvalue weighted by molar-refractivity contribution is 6.19. The maximum Gasteiger partial charge on any atom is 0.0619 e. The minimum Gasteiger partial charge on any atom is -0.309 e. The van der Waals surface area contributed by atoms with Crippen LogP contribution in [-0.4, -0.2) is 4.57 Å². The minimum atomic E-state index is 1.14. The maximum absolute atomic E-state index is 4.01. The minimum absolute atomic E-state index is 1.14. The second-order valence-corrected chi connectivity index (χ2v) is 11.8. The van der Waals surface area contributed by atoms with Crippen molar-refractivity contribution in [2.45, 2.75) is 6.92 Å². The molecule has 0 atom stereocenters. The Balaban J connectivity index is 1.30. The summed E-state index contributed by atoms with van der Waals surface area (Å²) in [5, 5.41) is 4.98. The summed E-state index contributed by atoms with van der Waals surface area (Å²) in [7, 11) is 0. The van der Waals surface area contributed by atoms with Gasteiger partial charge in [-0.15, -0.1) is 0 Å². The molecule has 7 aromatic carbocycles. The molecule has 0 unspecified atom stereocenters. The van der Waals surface area contributed by atoms with E-state index in [0.717, 1.165) is 11.3 Å². The number of fused-ring (bicyclic) bond motifs is 5. The Bertz CT molecular complexity index is 2410. The van der Waals surface area contributed by atoms with E-state index in [1.165, 1.54) is 71.5 Å². The van der Waals surface area contributed by atoms with Crippen molar-refractivity contribution in [1.82, 2.24) is 4.57 Å². The lowest BCUT2D eigenvalue weighted by atomic mass is 9.97. The predicted molar refractivity (Wildman–Crippen MR) is 198 cm³/mol. The summed E-state index contributed by atoms with van der Waals surface area (Å²) >= 11 is 0. The summed E-state index contributed by atoms with van der Waals surface area (Å²) in [6.07, 6.45) is 4.03. The first-order valence-corrected chi connectivity index (χ1v) is 15.8. The molecule has 0 saturated carbocycles. The first-order chi connectivity index (χ1) is 22.7. The van der Waals surface area contributed by atoms with Gasteiger partial charge in [-0.1, -0.05) is 146 Å². The maximum atomic E-state index is 4.01. The van der Waals surface area contributed by atoms with Gasteiger partial charge in [0.25, 0.3) is 0 Å². The Kier molecular flexibility index (Phi) is 6.93. The molecule has 1 nitrogen and oxygen atoms in total. The van der Waals surface area contributed by atoms with Gasteiger partial charge in [-0.3, -0.25) is 0 Å². The topological polar surface area (TPSA) is 4.93 Å². The highest BCUT2D eigenvalue weighted by Crippen LogP contribution is 2.39. The van der Waals surface area contributed by atoms with Crippen molar-refractivity contribution < 1.29 is 0 Å². The molecule has 0 aliphatic heterocycles. The van der Waals surface area contributed by atoms with E-state index in [9.17, 15) is 0 Å². The fourth-order valence-electron chi connectivity index (χ4n) is 6.81. The highest BCUT2D eigenvalue weighted by Gasteiger charge is 2.16. The number of allylic oxidation sites excluding steroid dienone is 3. The van der Waals surface area contributed by atoms with E-state index in [-0.39, 0.29) is 0 Å². The van der Waals surface area contributed by atoms with Crippen LogP contribution in [-0.2, 0) is 0 Å². The molecule has 1 heteroatoms. The van der Waals surface area contributed by atoms with E-state index in [4.69, 9.17) is 0 Å². The lowest BCUT2D eigenvalue weighted by Crippen LogP contribution is -1.94. The van der Waals surface area contributed by atoms with Crippen LogP contribution in [0.1, 0.15) is 12.5 Å². The van der Waals surface area contributed by atoms with Gasteiger partial charge in [0.2, 0.25) is 0 Å². The Hall–Kier alpha value is -5.92. The molecule has 0 aliphatic carbocycles. The number of benzene rings is 7. The molecule has 0 aliphatic rings. The van der Waals surface area contributed by atoms with Gasteiger partial charge in [0.05, 0.1) is 11.0 Å². The average Bonchev–Trinajstić information content (AvgIpc) is 3.47. The second-order valence-electron chi connectivity index (χ2n) is 11.8. The number of hydrogen-bond donors (Lipinski definition) is 0. The van der Waals surface area contributed by atoms with Crippen LogP contribution in [0.15, 0.2) is 176 Å². The Labute approximate surface area is 270 Å². The van der Waals surface area contributed by atoms with Crippen LogP contribution in [0.4, 0.5) is 0 Å². The third-order valence-electron chi connectivity index (χ3n) is 9.14. The normalized spacial score (nSPS) is 11.8. The zero-order valence-corrected chi connectivity index (χ0v) is 25.8. The molecule has 0 spiro atoms. The van der Waals surface area contributed by atoms with Crippen molar-refractivity contribution in [2.75, 3.05) is 0 Å². The van der Waals surface area contributed by atoms with Gasteiger partial charge < -0.3 is 4.57 Å². The van der Waals surface area contributed by atoms with Gasteiger partial charge in [0.1, 0.15) is 0 Å². The molecule has 8 aromatic rings. The van der Waals surface area contributed by atoms with Crippen LogP contribution >= 0.6 is 0 Å². The zero-order chi connectivity index (χ0) is 31.0. The molecule has 1 heterocycles. The van der Waals surface area contributed by atoms with Crippen molar-refractivity contribution in [1.29, 1.82) is 0 Å². The van der Waals surface area contributed by atoms with Crippen LogP contribution in [0.5, 0.6) is 0 Å². The average molecular weight is 588 g/mol. The van der Waals surface area contributed by atoms with E-state index >= 15 is 0 Å². The van der Waals surface area contributed by atoms with Crippen molar-refractivity contribution in [3.63, 3.8) is 0 Å². The first kappa shape index (κ1) is 27.6. The summed E-state index contributed by atoms with van der Waals surface area (Å²) in [5.41, 5.74) is 13.2. The van der Waals surface area contributed by atoms with Gasteiger partial charge in [-0.2, -0.15) is 0 Å². The Morgan fingerprint density at radius 2 is 1.07 bits per heavy atom.